The zero-order chi connectivity index (χ0) is 18.4. The second-order valence-electron chi connectivity index (χ2n) is 5.15. The molecule has 8 heteroatoms. The van der Waals surface area contributed by atoms with Gasteiger partial charge in [0.1, 0.15) is 11.4 Å². The van der Waals surface area contributed by atoms with E-state index in [2.05, 4.69) is 10.6 Å². The fourth-order valence-corrected chi connectivity index (χ4v) is 2.32. The predicted molar refractivity (Wildman–Crippen MR) is 99.1 cm³/mol. The molecule has 2 N–H and O–H groups in total. The van der Waals surface area contributed by atoms with Crippen molar-refractivity contribution in [1.82, 2.24) is 5.32 Å². The highest BCUT2D eigenvalue weighted by molar-refractivity contribution is 7.80. The summed E-state index contributed by atoms with van der Waals surface area (Å²) in [7, 11) is 0. The van der Waals surface area contributed by atoms with Crippen LogP contribution in [0.1, 0.15) is 22.8 Å². The first-order chi connectivity index (χ1) is 11.9. The quantitative estimate of drug-likeness (QED) is 0.483. The number of benzene rings is 2. The van der Waals surface area contributed by atoms with E-state index in [1.54, 1.807) is 43.3 Å². The summed E-state index contributed by atoms with van der Waals surface area (Å²) < 4.78 is 5.35. The first-order valence-electron chi connectivity index (χ1n) is 7.51. The monoisotopic (exact) mass is 359 g/mol. The van der Waals surface area contributed by atoms with Gasteiger partial charge < -0.3 is 10.1 Å². The van der Waals surface area contributed by atoms with E-state index in [9.17, 15) is 14.9 Å². The zero-order valence-electron chi connectivity index (χ0n) is 13.7. The molecule has 1 amide bonds. The van der Waals surface area contributed by atoms with E-state index in [1.807, 2.05) is 6.92 Å². The minimum absolute atomic E-state index is 0.0289. The Balaban J connectivity index is 2.09. The first-order valence-corrected chi connectivity index (χ1v) is 7.91. The number of ether oxygens (including phenoxy) is 1. The van der Waals surface area contributed by atoms with Crippen LogP contribution in [0.4, 0.5) is 11.4 Å². The Morgan fingerprint density at radius 2 is 2.04 bits per heavy atom. The van der Waals surface area contributed by atoms with Crippen molar-refractivity contribution < 1.29 is 14.5 Å². The number of hydrogen-bond donors (Lipinski definition) is 2. The van der Waals surface area contributed by atoms with Gasteiger partial charge in [-0.2, -0.15) is 0 Å². The molecule has 25 heavy (non-hydrogen) atoms. The number of thiocarbonyl (C=S) groups is 1. The lowest BCUT2D eigenvalue weighted by molar-refractivity contribution is -0.383. The van der Waals surface area contributed by atoms with Crippen molar-refractivity contribution in [3.05, 3.63) is 63.7 Å². The molecule has 130 valence electrons. The number of anilines is 1. The predicted octanol–water partition coefficient (Wildman–Crippen LogP) is 3.43. The van der Waals surface area contributed by atoms with Gasteiger partial charge >= 0.3 is 0 Å². The van der Waals surface area contributed by atoms with Crippen LogP contribution < -0.4 is 15.4 Å². The number of nitro groups is 1. The van der Waals surface area contributed by atoms with Crippen LogP contribution in [0.5, 0.6) is 5.75 Å². The molecular formula is C17H17N3O4S. The fraction of sp³-hybridized carbons (Fsp3) is 0.176. The van der Waals surface area contributed by atoms with Gasteiger partial charge in [-0.1, -0.05) is 12.1 Å². The molecule has 2 aromatic rings. The topological polar surface area (TPSA) is 93.5 Å². The number of nitrogens with zero attached hydrogens (tertiary/aromatic N) is 1. The smallest absolute Gasteiger partial charge is 0.292 e. The molecule has 2 aromatic carbocycles. The standard InChI is InChI=1S/C17H17N3O4S/c1-3-24-13-6-4-5-12(10-13)16(21)19-17(25)18-14-8-7-11(2)9-15(14)20(22)23/h4-10H,3H2,1-2H3,(H2,18,19,21,25). The third-order valence-electron chi connectivity index (χ3n) is 3.23. The minimum atomic E-state index is -0.509. The Labute approximate surface area is 150 Å². The molecule has 0 saturated heterocycles. The lowest BCUT2D eigenvalue weighted by Gasteiger charge is -2.11. The molecule has 0 fully saturated rings. The highest BCUT2D eigenvalue weighted by atomic mass is 32.1. The van der Waals surface area contributed by atoms with Gasteiger partial charge in [0.25, 0.3) is 11.6 Å². The lowest BCUT2D eigenvalue weighted by Crippen LogP contribution is -2.34. The number of rotatable bonds is 5. The van der Waals surface area contributed by atoms with Crippen molar-refractivity contribution in [2.75, 3.05) is 11.9 Å². The average molecular weight is 359 g/mol. The van der Waals surface area contributed by atoms with Crippen LogP contribution in [0.3, 0.4) is 0 Å². The number of nitro benzene ring substituents is 1. The van der Waals surface area contributed by atoms with Crippen molar-refractivity contribution >= 4 is 34.6 Å². The molecule has 0 aliphatic rings. The summed E-state index contributed by atoms with van der Waals surface area (Å²) in [6, 6.07) is 11.3. The van der Waals surface area contributed by atoms with Crippen LogP contribution in [0, 0.1) is 17.0 Å². The molecule has 0 heterocycles. The van der Waals surface area contributed by atoms with E-state index in [1.165, 1.54) is 6.07 Å². The third kappa shape index (κ3) is 4.98. The molecule has 7 nitrogen and oxygen atoms in total. The highest BCUT2D eigenvalue weighted by Gasteiger charge is 2.16. The SMILES string of the molecule is CCOc1cccc(C(=O)NC(=S)Nc2ccc(C)cc2[N+](=O)[O-])c1. The van der Waals surface area contributed by atoms with Gasteiger partial charge in [-0.15, -0.1) is 0 Å². The van der Waals surface area contributed by atoms with Crippen LogP contribution in [0.2, 0.25) is 0 Å². The van der Waals surface area contributed by atoms with E-state index >= 15 is 0 Å². The lowest BCUT2D eigenvalue weighted by atomic mass is 10.2. The molecule has 0 bridgehead atoms. The van der Waals surface area contributed by atoms with E-state index < -0.39 is 10.8 Å². The van der Waals surface area contributed by atoms with Crippen molar-refractivity contribution in [1.29, 1.82) is 0 Å². The van der Waals surface area contributed by atoms with Crippen molar-refractivity contribution in [2.45, 2.75) is 13.8 Å². The molecule has 0 spiro atoms. The molecule has 0 unspecified atom stereocenters. The summed E-state index contributed by atoms with van der Waals surface area (Å²) >= 11 is 5.08. The second kappa shape index (κ2) is 8.20. The maximum Gasteiger partial charge on any atom is 0.292 e. The number of carbonyl (C=O) groups excluding carboxylic acids is 1. The van der Waals surface area contributed by atoms with Gasteiger partial charge in [-0.25, -0.2) is 0 Å². The zero-order valence-corrected chi connectivity index (χ0v) is 14.6. The molecule has 0 saturated carbocycles. The van der Waals surface area contributed by atoms with E-state index in [4.69, 9.17) is 17.0 Å². The highest BCUT2D eigenvalue weighted by Crippen LogP contribution is 2.25. The van der Waals surface area contributed by atoms with Gasteiger partial charge in [0, 0.05) is 11.6 Å². The Morgan fingerprint density at radius 3 is 2.72 bits per heavy atom. The number of aryl methyl sites for hydroxylation is 1. The van der Waals surface area contributed by atoms with E-state index in [-0.39, 0.29) is 16.5 Å². The first kappa shape index (κ1) is 18.3. The summed E-state index contributed by atoms with van der Waals surface area (Å²) in [6.07, 6.45) is 0. The van der Waals surface area contributed by atoms with Gasteiger partial charge in [0.15, 0.2) is 5.11 Å². The van der Waals surface area contributed by atoms with Crippen LogP contribution >= 0.6 is 12.2 Å². The van der Waals surface area contributed by atoms with E-state index in [0.29, 0.717) is 17.9 Å². The Hall–Kier alpha value is -3.00. The Morgan fingerprint density at radius 1 is 1.28 bits per heavy atom. The van der Waals surface area contributed by atoms with Crippen LogP contribution in [0.25, 0.3) is 0 Å². The molecular weight excluding hydrogens is 342 g/mol. The van der Waals surface area contributed by atoms with Gasteiger partial charge in [0.2, 0.25) is 0 Å². The van der Waals surface area contributed by atoms with Crippen LogP contribution in [-0.2, 0) is 0 Å². The molecule has 0 aliphatic heterocycles. The Bertz CT molecular complexity index is 823. The Kier molecular flexibility index (Phi) is 6.02. The van der Waals surface area contributed by atoms with Crippen molar-refractivity contribution in [3.8, 4) is 5.75 Å². The van der Waals surface area contributed by atoms with Gasteiger partial charge in [-0.3, -0.25) is 20.2 Å². The molecule has 2 rings (SSSR count). The summed E-state index contributed by atoms with van der Waals surface area (Å²) in [5.74, 6) is 0.136. The van der Waals surface area contributed by atoms with Gasteiger partial charge in [0.05, 0.1) is 11.5 Å². The summed E-state index contributed by atoms with van der Waals surface area (Å²) in [5, 5.41) is 16.3. The third-order valence-corrected chi connectivity index (χ3v) is 3.44. The largest absolute Gasteiger partial charge is 0.494 e. The van der Waals surface area contributed by atoms with Crippen molar-refractivity contribution in [3.63, 3.8) is 0 Å². The second-order valence-corrected chi connectivity index (χ2v) is 5.56. The van der Waals surface area contributed by atoms with Gasteiger partial charge in [-0.05, 0) is 55.9 Å². The van der Waals surface area contributed by atoms with Crippen LogP contribution in [-0.4, -0.2) is 22.5 Å². The van der Waals surface area contributed by atoms with Crippen molar-refractivity contribution in [2.24, 2.45) is 0 Å². The average Bonchev–Trinajstić information content (AvgIpc) is 2.56. The number of nitrogens with one attached hydrogen (secondary N) is 2. The molecule has 0 atom stereocenters. The number of amides is 1. The minimum Gasteiger partial charge on any atom is -0.494 e. The number of carbonyl (C=O) groups is 1. The fourth-order valence-electron chi connectivity index (χ4n) is 2.12. The number of hydrogen-bond acceptors (Lipinski definition) is 5. The van der Waals surface area contributed by atoms with Crippen LogP contribution in [0.15, 0.2) is 42.5 Å². The normalized spacial score (nSPS) is 10.0. The summed E-state index contributed by atoms with van der Waals surface area (Å²) in [5.41, 5.74) is 1.22. The summed E-state index contributed by atoms with van der Waals surface area (Å²) in [6.45, 7) is 4.09. The summed E-state index contributed by atoms with van der Waals surface area (Å²) in [4.78, 5) is 22.9. The maximum absolute atomic E-state index is 12.2. The maximum atomic E-state index is 12.2. The molecule has 0 aromatic heterocycles. The molecule has 0 aliphatic carbocycles. The van der Waals surface area contributed by atoms with E-state index in [0.717, 1.165) is 5.56 Å². The molecule has 0 radical (unpaired) electrons.